The van der Waals surface area contributed by atoms with Crippen LogP contribution in [0.25, 0.3) is 10.8 Å². The number of aromatic nitrogens is 1. The molecule has 194 valence electrons. The topological polar surface area (TPSA) is 28.6 Å². The van der Waals surface area contributed by atoms with Gasteiger partial charge in [0, 0.05) is 50.0 Å². The quantitative estimate of drug-likeness (QED) is 0.504. The molecule has 1 aromatic carbocycles. The minimum absolute atomic E-state index is 0.00540. The SMILES string of the molecule is CN1CCN(C2CCC3=CC4=CC[C@]5(C)C(c6ccc7ccncc7c6)CC[C@H]5[C@@]45CC[C@]3(C2)O5)CC1. The van der Waals surface area contributed by atoms with Gasteiger partial charge in [-0.3, -0.25) is 9.88 Å². The van der Waals surface area contributed by atoms with Crippen LogP contribution in [-0.4, -0.2) is 65.3 Å². The Labute approximate surface area is 221 Å². The van der Waals surface area contributed by atoms with Crippen molar-refractivity contribution in [3.63, 3.8) is 0 Å². The van der Waals surface area contributed by atoms with Crippen LogP contribution in [0.4, 0.5) is 0 Å². The third-order valence-corrected chi connectivity index (χ3v) is 11.8. The predicted molar refractivity (Wildman–Crippen MR) is 149 cm³/mol. The Morgan fingerprint density at radius 2 is 1.89 bits per heavy atom. The summed E-state index contributed by atoms with van der Waals surface area (Å²) in [6.45, 7) is 7.44. The van der Waals surface area contributed by atoms with Crippen LogP contribution in [0.2, 0.25) is 0 Å². The molecule has 0 amide bonds. The van der Waals surface area contributed by atoms with Crippen LogP contribution in [0.3, 0.4) is 0 Å². The van der Waals surface area contributed by atoms with E-state index in [-0.39, 0.29) is 16.6 Å². The van der Waals surface area contributed by atoms with Crippen molar-refractivity contribution in [2.24, 2.45) is 11.3 Å². The number of hydrogen-bond donors (Lipinski definition) is 0. The fourth-order valence-corrected chi connectivity index (χ4v) is 9.75. The Morgan fingerprint density at radius 3 is 2.78 bits per heavy atom. The van der Waals surface area contributed by atoms with Gasteiger partial charge in [0.05, 0.1) is 11.2 Å². The van der Waals surface area contributed by atoms with E-state index in [2.05, 4.69) is 65.2 Å². The molecule has 4 heteroatoms. The smallest absolute Gasteiger partial charge is 0.0974 e. The molecule has 3 aliphatic heterocycles. The van der Waals surface area contributed by atoms with Crippen LogP contribution in [0, 0.1) is 11.3 Å². The van der Waals surface area contributed by atoms with Gasteiger partial charge in [0.1, 0.15) is 0 Å². The van der Waals surface area contributed by atoms with Gasteiger partial charge in [0.25, 0.3) is 0 Å². The highest BCUT2D eigenvalue weighted by atomic mass is 16.5. The number of nitrogens with zero attached hydrogens (tertiary/aromatic N) is 3. The van der Waals surface area contributed by atoms with Gasteiger partial charge >= 0.3 is 0 Å². The molecule has 2 spiro atoms. The Bertz CT molecular complexity index is 1310. The fourth-order valence-electron chi connectivity index (χ4n) is 9.75. The van der Waals surface area contributed by atoms with E-state index >= 15 is 0 Å². The summed E-state index contributed by atoms with van der Waals surface area (Å²) in [5.74, 6) is 1.19. The van der Waals surface area contributed by atoms with E-state index in [1.54, 1.807) is 11.1 Å². The zero-order valence-corrected chi connectivity index (χ0v) is 22.6. The zero-order valence-electron chi connectivity index (χ0n) is 22.6. The lowest BCUT2D eigenvalue weighted by atomic mass is 9.58. The second-order valence-corrected chi connectivity index (χ2v) is 13.4. The lowest BCUT2D eigenvalue weighted by Gasteiger charge is -2.55. The highest BCUT2D eigenvalue weighted by Gasteiger charge is 2.66. The summed E-state index contributed by atoms with van der Waals surface area (Å²) in [4.78, 5) is 9.67. The van der Waals surface area contributed by atoms with Crippen molar-refractivity contribution >= 4 is 10.8 Å². The van der Waals surface area contributed by atoms with Crippen LogP contribution >= 0.6 is 0 Å². The Balaban J connectivity index is 1.12. The molecule has 37 heavy (non-hydrogen) atoms. The second kappa shape index (κ2) is 8.00. The molecule has 2 unspecified atom stereocenters. The average molecular weight is 496 g/mol. The molecular weight excluding hydrogens is 454 g/mol. The van der Waals surface area contributed by atoms with Crippen molar-refractivity contribution in [2.75, 3.05) is 33.2 Å². The summed E-state index contributed by atoms with van der Waals surface area (Å²) in [6.07, 6.45) is 19.1. The maximum absolute atomic E-state index is 7.57. The van der Waals surface area contributed by atoms with Crippen molar-refractivity contribution in [1.82, 2.24) is 14.8 Å². The molecule has 6 atom stereocenters. The van der Waals surface area contributed by atoms with Crippen molar-refractivity contribution in [3.05, 3.63) is 65.5 Å². The molecule has 4 nitrogen and oxygen atoms in total. The number of benzene rings is 1. The van der Waals surface area contributed by atoms with Gasteiger partial charge < -0.3 is 9.64 Å². The third kappa shape index (κ3) is 3.22. The molecular formula is C33H41N3O. The second-order valence-electron chi connectivity index (χ2n) is 13.4. The first-order chi connectivity index (χ1) is 18.0. The van der Waals surface area contributed by atoms with Crippen molar-refractivity contribution in [2.45, 2.75) is 81.5 Å². The first-order valence-corrected chi connectivity index (χ1v) is 14.9. The summed E-state index contributed by atoms with van der Waals surface area (Å²) in [7, 11) is 2.26. The van der Waals surface area contributed by atoms with Crippen LogP contribution in [0.5, 0.6) is 0 Å². The predicted octanol–water partition coefficient (Wildman–Crippen LogP) is 6.09. The number of likely N-dealkylation sites (N-methyl/N-ethyl adjacent to an activating group) is 1. The van der Waals surface area contributed by atoms with E-state index in [4.69, 9.17) is 4.74 Å². The van der Waals surface area contributed by atoms with E-state index in [1.807, 2.05) is 12.4 Å². The maximum atomic E-state index is 7.57. The lowest BCUT2D eigenvalue weighted by molar-refractivity contribution is -0.141. The molecule has 1 aromatic heterocycles. The molecule has 0 radical (unpaired) electrons. The highest BCUT2D eigenvalue weighted by molar-refractivity contribution is 5.82. The number of fused-ring (bicyclic) bond motifs is 2. The number of hydrogen-bond acceptors (Lipinski definition) is 4. The number of allylic oxidation sites excluding steroid dienone is 1. The van der Waals surface area contributed by atoms with Gasteiger partial charge in [-0.1, -0.05) is 31.2 Å². The average Bonchev–Trinajstić information content (AvgIpc) is 3.43. The molecule has 2 bridgehead atoms. The molecule has 2 saturated carbocycles. The van der Waals surface area contributed by atoms with Crippen molar-refractivity contribution in [3.8, 4) is 0 Å². The zero-order chi connectivity index (χ0) is 24.8. The van der Waals surface area contributed by atoms with Gasteiger partial charge in [-0.25, -0.2) is 0 Å². The third-order valence-electron chi connectivity index (χ3n) is 11.8. The fraction of sp³-hybridized carbons (Fsp3) is 0.606. The Morgan fingerprint density at radius 1 is 1.00 bits per heavy atom. The monoisotopic (exact) mass is 495 g/mol. The van der Waals surface area contributed by atoms with E-state index in [0.717, 1.165) is 0 Å². The van der Waals surface area contributed by atoms with E-state index in [1.165, 1.54) is 93.9 Å². The van der Waals surface area contributed by atoms with E-state index in [0.29, 0.717) is 17.9 Å². The van der Waals surface area contributed by atoms with Crippen molar-refractivity contribution < 1.29 is 4.74 Å². The van der Waals surface area contributed by atoms with Crippen LogP contribution in [0.15, 0.2) is 60.0 Å². The largest absolute Gasteiger partial charge is 0.359 e. The molecule has 3 aliphatic carbocycles. The van der Waals surface area contributed by atoms with Gasteiger partial charge in [-0.2, -0.15) is 0 Å². The first kappa shape index (κ1) is 22.9. The highest BCUT2D eigenvalue weighted by Crippen LogP contribution is 2.69. The van der Waals surface area contributed by atoms with E-state index in [9.17, 15) is 0 Å². The standard InChI is InChI=1S/C33H41N3O/c1-31-11-9-27-20-26-5-6-28(36-17-15-35(2)16-18-36)21-32(26)12-13-33(27,37-32)30(31)8-7-29(31)24-4-3-23-10-14-34-22-25(23)19-24/h3-4,9-10,14,19-20,22,28-30H,5-8,11-13,15-18,21H2,1-2H3/t28?,29?,30-,31-,32-,33-/m1/s1. The number of ether oxygens (including phenoxy) is 1. The number of pyridine rings is 1. The lowest BCUT2D eigenvalue weighted by Crippen LogP contribution is -2.57. The number of rotatable bonds is 2. The summed E-state index contributed by atoms with van der Waals surface area (Å²) in [6, 6.07) is 9.95. The van der Waals surface area contributed by atoms with Gasteiger partial charge in [0.15, 0.2) is 0 Å². The minimum Gasteiger partial charge on any atom is -0.359 e. The Hall–Kier alpha value is -2.01. The first-order valence-electron chi connectivity index (χ1n) is 14.9. The van der Waals surface area contributed by atoms with Crippen LogP contribution < -0.4 is 0 Å². The molecule has 6 aliphatic rings. The number of piperazine rings is 1. The van der Waals surface area contributed by atoms with Gasteiger partial charge in [0.2, 0.25) is 0 Å². The summed E-state index contributed by atoms with van der Waals surface area (Å²) in [5.41, 5.74) is 4.85. The van der Waals surface area contributed by atoms with E-state index < -0.39 is 0 Å². The summed E-state index contributed by atoms with van der Waals surface area (Å²) < 4.78 is 7.57. The van der Waals surface area contributed by atoms with Crippen molar-refractivity contribution in [1.29, 1.82) is 0 Å². The summed E-state index contributed by atoms with van der Waals surface area (Å²) >= 11 is 0. The molecule has 4 fully saturated rings. The summed E-state index contributed by atoms with van der Waals surface area (Å²) in [5, 5.41) is 2.57. The van der Waals surface area contributed by atoms with Gasteiger partial charge in [-0.05, 0) is 110 Å². The Kier molecular flexibility index (Phi) is 4.96. The van der Waals surface area contributed by atoms with Gasteiger partial charge in [-0.15, -0.1) is 0 Å². The van der Waals surface area contributed by atoms with Crippen LogP contribution in [0.1, 0.15) is 69.8 Å². The maximum Gasteiger partial charge on any atom is 0.0974 e. The van der Waals surface area contributed by atoms with Crippen LogP contribution in [-0.2, 0) is 4.74 Å². The molecule has 2 aromatic rings. The molecule has 8 rings (SSSR count). The molecule has 0 N–H and O–H groups in total. The normalized spacial score (nSPS) is 41.6. The molecule has 4 heterocycles. The molecule has 2 saturated heterocycles. The minimum atomic E-state index is -0.0618.